The molecule has 1 saturated heterocycles. The number of pyridine rings is 1. The summed E-state index contributed by atoms with van der Waals surface area (Å²) in [7, 11) is 1.64. The van der Waals surface area contributed by atoms with Crippen LogP contribution >= 0.6 is 0 Å². The quantitative estimate of drug-likeness (QED) is 0.363. The highest BCUT2D eigenvalue weighted by atomic mass is 16.5. The molecule has 1 fully saturated rings. The molecular weight excluding hydrogens is 538 g/mol. The van der Waals surface area contributed by atoms with E-state index in [0.717, 1.165) is 62.4 Å². The van der Waals surface area contributed by atoms with Gasteiger partial charge in [0, 0.05) is 62.8 Å². The fourth-order valence-corrected chi connectivity index (χ4v) is 6.38. The number of methoxy groups -OCH3 is 1. The van der Waals surface area contributed by atoms with Crippen LogP contribution in [0.1, 0.15) is 74.2 Å². The number of aromatic nitrogens is 1. The van der Waals surface area contributed by atoms with Crippen LogP contribution in [0.4, 0.5) is 17.2 Å². The maximum atomic E-state index is 13.7. The van der Waals surface area contributed by atoms with E-state index in [2.05, 4.69) is 33.4 Å². The minimum atomic E-state index is 0.00401. The summed E-state index contributed by atoms with van der Waals surface area (Å²) in [5, 5.41) is 3.31. The van der Waals surface area contributed by atoms with Crippen LogP contribution in [0.25, 0.3) is 0 Å². The van der Waals surface area contributed by atoms with Crippen molar-refractivity contribution in [1.29, 1.82) is 0 Å². The number of ether oxygens (including phenoxy) is 1. The van der Waals surface area contributed by atoms with Crippen molar-refractivity contribution < 1.29 is 14.3 Å². The Morgan fingerprint density at radius 3 is 2.37 bits per heavy atom. The Hall–Kier alpha value is -3.91. The van der Waals surface area contributed by atoms with Crippen molar-refractivity contribution >= 4 is 29.0 Å². The van der Waals surface area contributed by atoms with Crippen molar-refractivity contribution in [2.75, 3.05) is 43.5 Å². The molecule has 0 saturated carbocycles. The number of nitrogens with one attached hydrogen (secondary N) is 1. The first-order valence-electron chi connectivity index (χ1n) is 15.8. The Balaban J connectivity index is 1.28. The van der Waals surface area contributed by atoms with E-state index < -0.39 is 0 Å². The Kier molecular flexibility index (Phi) is 10.7. The smallest absolute Gasteiger partial charge is 0.257 e. The van der Waals surface area contributed by atoms with E-state index in [1.807, 2.05) is 52.3 Å². The number of fused-ring (bicyclic) bond motifs is 1. The summed E-state index contributed by atoms with van der Waals surface area (Å²) in [6.07, 6.45) is 10.6. The average Bonchev–Trinajstić information content (AvgIpc) is 3.05. The van der Waals surface area contributed by atoms with Crippen molar-refractivity contribution in [3.63, 3.8) is 0 Å². The topological polar surface area (TPSA) is 78.0 Å². The number of piperidine rings is 1. The van der Waals surface area contributed by atoms with Gasteiger partial charge in [0.25, 0.3) is 5.91 Å². The summed E-state index contributed by atoms with van der Waals surface area (Å²) >= 11 is 0. The first-order valence-corrected chi connectivity index (χ1v) is 15.8. The average molecular weight is 584 g/mol. The van der Waals surface area contributed by atoms with E-state index in [1.165, 1.54) is 31.2 Å². The highest BCUT2D eigenvalue weighted by Gasteiger charge is 2.29. The molecule has 0 atom stereocenters. The number of para-hydroxylation sites is 1. The number of amides is 2. The second-order valence-corrected chi connectivity index (χ2v) is 11.7. The maximum Gasteiger partial charge on any atom is 0.257 e. The lowest BCUT2D eigenvalue weighted by Crippen LogP contribution is -2.47. The van der Waals surface area contributed by atoms with Gasteiger partial charge >= 0.3 is 0 Å². The van der Waals surface area contributed by atoms with Crippen LogP contribution in [-0.2, 0) is 11.3 Å². The number of hydrogen-bond donors (Lipinski definition) is 1. The third-order valence-corrected chi connectivity index (χ3v) is 8.75. The number of nitrogens with zero attached hydrogens (tertiary/aromatic N) is 4. The molecule has 1 N–H and O–H groups in total. The second-order valence-electron chi connectivity index (χ2n) is 11.7. The van der Waals surface area contributed by atoms with E-state index in [-0.39, 0.29) is 11.8 Å². The van der Waals surface area contributed by atoms with Gasteiger partial charge in [-0.15, -0.1) is 0 Å². The number of carbonyl (C=O) groups excluding carboxylic acids is 2. The molecule has 0 aliphatic carbocycles. The lowest BCUT2D eigenvalue weighted by molar-refractivity contribution is -0.116. The van der Waals surface area contributed by atoms with Gasteiger partial charge in [0.15, 0.2) is 0 Å². The van der Waals surface area contributed by atoms with Crippen LogP contribution in [0.3, 0.4) is 0 Å². The van der Waals surface area contributed by atoms with E-state index >= 15 is 0 Å². The maximum absolute atomic E-state index is 13.7. The predicted molar refractivity (Wildman–Crippen MR) is 172 cm³/mol. The van der Waals surface area contributed by atoms with E-state index in [0.29, 0.717) is 30.5 Å². The summed E-state index contributed by atoms with van der Waals surface area (Å²) < 4.78 is 5.35. The molecule has 0 unspecified atom stereocenters. The molecular formula is C35H45N5O3. The molecule has 2 aliphatic heterocycles. The van der Waals surface area contributed by atoms with Gasteiger partial charge in [0.2, 0.25) is 5.91 Å². The standard InChI is InChI=1S/C35H45N5O3/c1-27(41)40-22-10-6-4-3-5-9-21-39(26-28-13-7-8-17-33(28)40)30-18-23-38(24-19-30)35(42)32-16-12-20-36-34(32)37-29-14-11-15-31(25-29)43-2/h7-8,11-17,20,25,30H,3-6,9-10,18-19,21-24,26H2,1-2H3,(H,36,37). The molecule has 0 radical (unpaired) electrons. The van der Waals surface area contributed by atoms with Crippen LogP contribution < -0.4 is 15.0 Å². The number of benzene rings is 2. The van der Waals surface area contributed by atoms with Gasteiger partial charge in [-0.05, 0) is 68.1 Å². The third kappa shape index (κ3) is 7.93. The lowest BCUT2D eigenvalue weighted by atomic mass is 10.00. The Labute approximate surface area is 256 Å². The van der Waals surface area contributed by atoms with Gasteiger partial charge in [-0.25, -0.2) is 4.98 Å². The highest BCUT2D eigenvalue weighted by Crippen LogP contribution is 2.29. The lowest BCUT2D eigenvalue weighted by Gasteiger charge is -2.39. The molecule has 8 heteroatoms. The number of carbonyl (C=O) groups is 2. The van der Waals surface area contributed by atoms with Crippen molar-refractivity contribution in [2.45, 2.75) is 70.9 Å². The van der Waals surface area contributed by atoms with E-state index in [1.54, 1.807) is 20.2 Å². The first-order chi connectivity index (χ1) is 21.0. The first kappa shape index (κ1) is 30.5. The number of anilines is 3. The second kappa shape index (κ2) is 15.0. The SMILES string of the molecule is COc1cccc(Nc2ncccc2C(=O)N2CCC(N3CCCCCCCCN(C(C)=O)c4ccccc4C3)CC2)c1. The van der Waals surface area contributed by atoms with Crippen molar-refractivity contribution in [3.05, 3.63) is 78.0 Å². The molecule has 228 valence electrons. The Bertz CT molecular complexity index is 1370. The van der Waals surface area contributed by atoms with Crippen molar-refractivity contribution in [1.82, 2.24) is 14.8 Å². The highest BCUT2D eigenvalue weighted by molar-refractivity contribution is 5.99. The molecule has 3 heterocycles. The van der Waals surface area contributed by atoms with Crippen LogP contribution in [0.5, 0.6) is 5.75 Å². The molecule has 5 rings (SSSR count). The number of likely N-dealkylation sites (tertiary alicyclic amines) is 1. The van der Waals surface area contributed by atoms with Gasteiger partial charge in [-0.1, -0.05) is 49.9 Å². The zero-order valence-corrected chi connectivity index (χ0v) is 25.6. The van der Waals surface area contributed by atoms with Gasteiger partial charge in [-0.3, -0.25) is 14.5 Å². The Morgan fingerprint density at radius 2 is 1.60 bits per heavy atom. The molecule has 2 aromatic carbocycles. The minimum Gasteiger partial charge on any atom is -0.497 e. The normalized spacial score (nSPS) is 17.6. The summed E-state index contributed by atoms with van der Waals surface area (Å²) in [5.41, 5.74) is 3.64. The number of hydrogen-bond acceptors (Lipinski definition) is 6. The summed E-state index contributed by atoms with van der Waals surface area (Å²) in [5.74, 6) is 1.40. The zero-order chi connectivity index (χ0) is 30.0. The van der Waals surface area contributed by atoms with Crippen molar-refractivity contribution in [2.24, 2.45) is 0 Å². The van der Waals surface area contributed by atoms with Crippen LogP contribution in [0.2, 0.25) is 0 Å². The summed E-state index contributed by atoms with van der Waals surface area (Å²) in [6.45, 7) is 5.71. The van der Waals surface area contributed by atoms with Gasteiger partial charge in [0.05, 0.1) is 12.7 Å². The predicted octanol–water partition coefficient (Wildman–Crippen LogP) is 6.65. The molecule has 43 heavy (non-hydrogen) atoms. The fraction of sp³-hybridized carbons (Fsp3) is 0.457. The largest absolute Gasteiger partial charge is 0.497 e. The van der Waals surface area contributed by atoms with Gasteiger partial charge in [0.1, 0.15) is 11.6 Å². The molecule has 2 amide bonds. The fourth-order valence-electron chi connectivity index (χ4n) is 6.38. The zero-order valence-electron chi connectivity index (χ0n) is 25.6. The molecule has 3 aromatic rings. The molecule has 0 bridgehead atoms. The van der Waals surface area contributed by atoms with Crippen LogP contribution in [-0.4, -0.2) is 65.9 Å². The molecule has 0 spiro atoms. The molecule has 2 aliphatic rings. The van der Waals surface area contributed by atoms with E-state index in [4.69, 9.17) is 4.74 Å². The summed E-state index contributed by atoms with van der Waals surface area (Å²) in [6, 6.07) is 20.1. The molecule has 8 nitrogen and oxygen atoms in total. The Morgan fingerprint density at radius 1 is 0.860 bits per heavy atom. The van der Waals surface area contributed by atoms with Gasteiger partial charge in [-0.2, -0.15) is 0 Å². The minimum absolute atomic E-state index is 0.00401. The van der Waals surface area contributed by atoms with Gasteiger partial charge < -0.3 is 19.9 Å². The van der Waals surface area contributed by atoms with E-state index in [9.17, 15) is 9.59 Å². The van der Waals surface area contributed by atoms with Crippen LogP contribution in [0.15, 0.2) is 66.9 Å². The number of rotatable bonds is 5. The van der Waals surface area contributed by atoms with Crippen LogP contribution in [0, 0.1) is 0 Å². The van der Waals surface area contributed by atoms with Crippen molar-refractivity contribution in [3.8, 4) is 5.75 Å². The molecule has 1 aromatic heterocycles. The monoisotopic (exact) mass is 583 g/mol. The third-order valence-electron chi connectivity index (χ3n) is 8.75. The summed E-state index contributed by atoms with van der Waals surface area (Å²) in [4.78, 5) is 37.4.